The molecule has 4 aromatic rings. The fourth-order valence-corrected chi connectivity index (χ4v) is 5.74. The van der Waals surface area contributed by atoms with Gasteiger partial charge in [0, 0.05) is 5.39 Å². The van der Waals surface area contributed by atoms with Crippen molar-refractivity contribution in [3.05, 3.63) is 84.9 Å². The smallest absolute Gasteiger partial charge is 0.411 e. The summed E-state index contributed by atoms with van der Waals surface area (Å²) in [6, 6.07) is 27.4. The van der Waals surface area contributed by atoms with E-state index in [9.17, 15) is 4.57 Å². The Morgan fingerprint density at radius 1 is 0.724 bits per heavy atom. The summed E-state index contributed by atoms with van der Waals surface area (Å²) >= 11 is 0. The Bertz CT molecular complexity index is 1170. The topological polar surface area (TPSA) is 35.5 Å². The quantitative estimate of drug-likeness (QED) is 0.308. The molecule has 0 amide bonds. The van der Waals surface area contributed by atoms with Crippen molar-refractivity contribution in [2.75, 3.05) is 0 Å². The van der Waals surface area contributed by atoms with Crippen molar-refractivity contribution in [2.24, 2.45) is 0 Å². The van der Waals surface area contributed by atoms with E-state index in [0.717, 1.165) is 34.4 Å². The van der Waals surface area contributed by atoms with Crippen LogP contribution in [0.3, 0.4) is 0 Å². The molecule has 0 fully saturated rings. The van der Waals surface area contributed by atoms with Crippen LogP contribution in [0.1, 0.15) is 26.7 Å². The third-order valence-electron chi connectivity index (χ3n) is 5.23. The maximum atomic E-state index is 14.3. The van der Waals surface area contributed by atoms with E-state index in [1.165, 1.54) is 0 Å². The van der Waals surface area contributed by atoms with Crippen LogP contribution < -0.4 is 9.83 Å². The lowest BCUT2D eigenvalue weighted by atomic mass is 10.1. The summed E-state index contributed by atoms with van der Waals surface area (Å²) in [5.41, 5.74) is 0. The molecule has 1 unspecified atom stereocenters. The molecule has 0 bridgehead atoms. The van der Waals surface area contributed by atoms with Crippen molar-refractivity contribution in [2.45, 2.75) is 32.8 Å². The number of hydrogen-bond donors (Lipinski definition) is 0. The second-order valence-electron chi connectivity index (χ2n) is 7.11. The van der Waals surface area contributed by atoms with Crippen LogP contribution in [0.15, 0.2) is 84.9 Å². The Hall–Kier alpha value is -2.61. The first kappa shape index (κ1) is 19.7. The van der Waals surface area contributed by atoms with Gasteiger partial charge < -0.3 is 4.52 Å². The predicted molar refractivity (Wildman–Crippen MR) is 121 cm³/mol. The first-order valence-corrected chi connectivity index (χ1v) is 11.6. The molecule has 1 atom stereocenters. The van der Waals surface area contributed by atoms with E-state index in [0.29, 0.717) is 11.1 Å². The number of benzene rings is 4. The van der Waals surface area contributed by atoms with Crippen LogP contribution in [0.5, 0.6) is 5.75 Å². The fraction of sp³-hybridized carbons (Fsp3) is 0.200. The normalized spacial score (nSPS) is 13.6. The molecule has 0 spiro atoms. The first-order valence-electron chi connectivity index (χ1n) is 10.1. The summed E-state index contributed by atoms with van der Waals surface area (Å²) in [7, 11) is -3.63. The molecule has 0 aliphatic heterocycles. The molecule has 0 aliphatic carbocycles. The maximum absolute atomic E-state index is 14.3. The zero-order valence-corrected chi connectivity index (χ0v) is 17.6. The molecule has 148 valence electrons. The Balaban J connectivity index is 1.88. The zero-order chi connectivity index (χ0) is 20.3. The highest BCUT2D eigenvalue weighted by molar-refractivity contribution is 7.63. The molecule has 3 nitrogen and oxygen atoms in total. The lowest BCUT2D eigenvalue weighted by molar-refractivity contribution is 0.175. The van der Waals surface area contributed by atoms with E-state index >= 15 is 0 Å². The van der Waals surface area contributed by atoms with Gasteiger partial charge in [0.15, 0.2) is 0 Å². The molecule has 0 aliphatic rings. The van der Waals surface area contributed by atoms with Crippen LogP contribution in [0.4, 0.5) is 0 Å². The highest BCUT2D eigenvalue weighted by Crippen LogP contribution is 2.51. The molecule has 4 rings (SSSR count). The van der Waals surface area contributed by atoms with Gasteiger partial charge in [-0.3, -0.25) is 4.52 Å². The van der Waals surface area contributed by atoms with Crippen LogP contribution in [0.2, 0.25) is 0 Å². The largest absolute Gasteiger partial charge is 0.421 e. The number of fused-ring (bicyclic) bond motifs is 2. The van der Waals surface area contributed by atoms with Gasteiger partial charge in [0.2, 0.25) is 0 Å². The van der Waals surface area contributed by atoms with Crippen LogP contribution in [-0.4, -0.2) is 6.10 Å². The van der Waals surface area contributed by atoms with Crippen molar-refractivity contribution in [3.63, 3.8) is 0 Å². The van der Waals surface area contributed by atoms with E-state index in [4.69, 9.17) is 9.05 Å². The van der Waals surface area contributed by atoms with Gasteiger partial charge in [0.1, 0.15) is 5.75 Å². The average molecular weight is 404 g/mol. The third kappa shape index (κ3) is 3.94. The highest BCUT2D eigenvalue weighted by atomic mass is 31.2. The highest BCUT2D eigenvalue weighted by Gasteiger charge is 2.34. The molecule has 0 N–H and O–H groups in total. The SMILES string of the molecule is CCC(CC)OP(=O)(Oc1cccc2ccccc12)c1cccc2ccccc12. The van der Waals surface area contributed by atoms with Gasteiger partial charge >= 0.3 is 7.60 Å². The lowest BCUT2D eigenvalue weighted by Gasteiger charge is -2.25. The van der Waals surface area contributed by atoms with Crippen LogP contribution in [0, 0.1) is 0 Å². The zero-order valence-electron chi connectivity index (χ0n) is 16.7. The monoisotopic (exact) mass is 404 g/mol. The predicted octanol–water partition coefficient (Wildman–Crippen LogP) is 7.10. The van der Waals surface area contributed by atoms with Crippen molar-refractivity contribution < 1.29 is 13.6 Å². The summed E-state index contributed by atoms with van der Waals surface area (Å²) in [4.78, 5) is 0. The average Bonchev–Trinajstić information content (AvgIpc) is 2.77. The van der Waals surface area contributed by atoms with Gasteiger partial charge in [0.25, 0.3) is 0 Å². The van der Waals surface area contributed by atoms with Crippen molar-refractivity contribution >= 4 is 34.4 Å². The lowest BCUT2D eigenvalue weighted by Crippen LogP contribution is -2.19. The van der Waals surface area contributed by atoms with E-state index in [1.807, 2.05) is 98.8 Å². The van der Waals surface area contributed by atoms with E-state index < -0.39 is 7.60 Å². The van der Waals surface area contributed by atoms with Crippen LogP contribution >= 0.6 is 7.60 Å². The Morgan fingerprint density at radius 3 is 1.97 bits per heavy atom. The molecular weight excluding hydrogens is 379 g/mol. The third-order valence-corrected chi connectivity index (χ3v) is 7.22. The Kier molecular flexibility index (Phi) is 5.71. The fourth-order valence-electron chi connectivity index (χ4n) is 3.61. The molecule has 4 heteroatoms. The first-order chi connectivity index (χ1) is 14.1. The van der Waals surface area contributed by atoms with Gasteiger partial charge in [0.05, 0.1) is 11.4 Å². The summed E-state index contributed by atoms with van der Waals surface area (Å²) in [6.07, 6.45) is 1.39. The molecule has 0 saturated carbocycles. The van der Waals surface area contributed by atoms with Gasteiger partial charge in [-0.15, -0.1) is 0 Å². The summed E-state index contributed by atoms with van der Waals surface area (Å²) in [6.45, 7) is 4.08. The molecule has 4 aromatic carbocycles. The van der Waals surface area contributed by atoms with Crippen LogP contribution in [-0.2, 0) is 9.09 Å². The molecule has 0 saturated heterocycles. The molecule has 0 radical (unpaired) electrons. The number of hydrogen-bond acceptors (Lipinski definition) is 3. The number of rotatable bonds is 7. The summed E-state index contributed by atoms with van der Waals surface area (Å²) in [5.74, 6) is 0.574. The minimum Gasteiger partial charge on any atom is -0.421 e. The van der Waals surface area contributed by atoms with Gasteiger partial charge in [-0.05, 0) is 41.1 Å². The van der Waals surface area contributed by atoms with Crippen molar-refractivity contribution in [1.29, 1.82) is 0 Å². The molecule has 29 heavy (non-hydrogen) atoms. The Morgan fingerprint density at radius 2 is 1.28 bits per heavy atom. The molecule has 0 aromatic heterocycles. The van der Waals surface area contributed by atoms with E-state index in [2.05, 4.69) is 0 Å². The van der Waals surface area contributed by atoms with E-state index in [-0.39, 0.29) is 6.10 Å². The second kappa shape index (κ2) is 8.41. The van der Waals surface area contributed by atoms with Gasteiger partial charge in [-0.1, -0.05) is 86.6 Å². The van der Waals surface area contributed by atoms with Gasteiger partial charge in [-0.2, -0.15) is 0 Å². The molecular formula is C25H25O3P. The standard InChI is InChI=1S/C25H25O3P/c1-3-21(4-2)27-29(26,25-18-10-14-20-12-6-8-16-23(20)25)28-24-17-9-13-19-11-5-7-15-22(19)24/h5-18,21H,3-4H2,1-2H3. The second-order valence-corrected chi connectivity index (χ2v) is 8.98. The van der Waals surface area contributed by atoms with Crippen LogP contribution in [0.25, 0.3) is 21.5 Å². The summed E-state index contributed by atoms with van der Waals surface area (Å²) in [5, 5.41) is 4.47. The minimum atomic E-state index is -3.63. The van der Waals surface area contributed by atoms with Crippen molar-refractivity contribution in [3.8, 4) is 5.75 Å². The minimum absolute atomic E-state index is 0.144. The molecule has 0 heterocycles. The van der Waals surface area contributed by atoms with E-state index in [1.54, 1.807) is 0 Å². The van der Waals surface area contributed by atoms with Crippen molar-refractivity contribution in [1.82, 2.24) is 0 Å². The summed E-state index contributed by atoms with van der Waals surface area (Å²) < 4.78 is 26.8. The van der Waals surface area contributed by atoms with Gasteiger partial charge in [-0.25, -0.2) is 4.57 Å². The Labute approximate surface area is 171 Å². The maximum Gasteiger partial charge on any atom is 0.411 e.